The third-order valence-electron chi connectivity index (χ3n) is 1.44. The fourth-order valence-corrected chi connectivity index (χ4v) is 0.856. The molecule has 2 N–H and O–H groups in total. The van der Waals surface area contributed by atoms with Gasteiger partial charge in [-0.05, 0) is 11.6 Å². The van der Waals surface area contributed by atoms with Crippen LogP contribution in [0.5, 0.6) is 0 Å². The molecule has 1 nitrogen and oxygen atoms in total. The van der Waals surface area contributed by atoms with Gasteiger partial charge in [0.25, 0.3) is 6.43 Å². The Morgan fingerprint density at radius 1 is 1.36 bits per heavy atom. The molecule has 0 atom stereocenters. The molecule has 1 aromatic rings. The minimum absolute atomic E-state index is 0.0351. The van der Waals surface area contributed by atoms with Crippen LogP contribution in [0, 0.1) is 0 Å². The summed E-state index contributed by atoms with van der Waals surface area (Å²) in [5, 5.41) is 0. The van der Waals surface area contributed by atoms with Gasteiger partial charge >= 0.3 is 0 Å². The lowest BCUT2D eigenvalue weighted by Crippen LogP contribution is -1.96. The van der Waals surface area contributed by atoms with Crippen molar-refractivity contribution in [2.45, 2.75) is 13.0 Å². The van der Waals surface area contributed by atoms with Gasteiger partial charge in [-0.2, -0.15) is 0 Å². The van der Waals surface area contributed by atoms with Crippen LogP contribution in [0.1, 0.15) is 17.6 Å². The van der Waals surface area contributed by atoms with E-state index >= 15 is 0 Å². The molecule has 60 valence electrons. The number of hydrogen-bond acceptors (Lipinski definition) is 1. The zero-order valence-electron chi connectivity index (χ0n) is 5.93. The predicted molar refractivity (Wildman–Crippen MR) is 39.3 cm³/mol. The zero-order valence-corrected chi connectivity index (χ0v) is 5.93. The van der Waals surface area contributed by atoms with Crippen LogP contribution in [0.15, 0.2) is 24.3 Å². The Morgan fingerprint density at radius 2 is 2.09 bits per heavy atom. The van der Waals surface area contributed by atoms with E-state index in [0.717, 1.165) is 5.56 Å². The highest BCUT2D eigenvalue weighted by Gasteiger charge is 2.05. The molecule has 1 aromatic carbocycles. The van der Waals surface area contributed by atoms with Gasteiger partial charge < -0.3 is 5.73 Å². The average Bonchev–Trinajstić information content (AvgIpc) is 2.05. The van der Waals surface area contributed by atoms with Crippen LogP contribution in [0.4, 0.5) is 8.78 Å². The minimum Gasteiger partial charge on any atom is -0.326 e. The summed E-state index contributed by atoms with van der Waals surface area (Å²) in [5.74, 6) is 0. The van der Waals surface area contributed by atoms with Gasteiger partial charge in [0.15, 0.2) is 0 Å². The number of alkyl halides is 2. The van der Waals surface area contributed by atoms with Crippen molar-refractivity contribution >= 4 is 0 Å². The molecule has 1 rings (SSSR count). The number of hydrogen-bond donors (Lipinski definition) is 1. The van der Waals surface area contributed by atoms with E-state index < -0.39 is 6.43 Å². The average molecular weight is 157 g/mol. The second kappa shape index (κ2) is 3.44. The molecule has 0 aliphatic rings. The normalized spacial score (nSPS) is 10.5. The third-order valence-corrected chi connectivity index (χ3v) is 1.44. The molecule has 0 saturated carbocycles. The molecule has 0 unspecified atom stereocenters. The lowest BCUT2D eigenvalue weighted by atomic mass is 10.1. The summed E-state index contributed by atoms with van der Waals surface area (Å²) in [7, 11) is 0. The molecule has 11 heavy (non-hydrogen) atoms. The molecular weight excluding hydrogens is 148 g/mol. The van der Waals surface area contributed by atoms with Crippen molar-refractivity contribution in [3.05, 3.63) is 35.4 Å². The van der Waals surface area contributed by atoms with Gasteiger partial charge in [0, 0.05) is 12.1 Å². The first-order chi connectivity index (χ1) is 5.24. The van der Waals surface area contributed by atoms with E-state index in [4.69, 9.17) is 5.73 Å². The molecule has 0 aliphatic carbocycles. The van der Waals surface area contributed by atoms with Crippen molar-refractivity contribution in [3.63, 3.8) is 0 Å². The molecule has 0 amide bonds. The second-order valence-electron chi connectivity index (χ2n) is 2.25. The smallest absolute Gasteiger partial charge is 0.263 e. The summed E-state index contributed by atoms with van der Waals surface area (Å²) in [4.78, 5) is 0. The van der Waals surface area contributed by atoms with Crippen LogP contribution in [-0.2, 0) is 6.54 Å². The van der Waals surface area contributed by atoms with Crippen molar-refractivity contribution in [2.75, 3.05) is 0 Å². The first-order valence-electron chi connectivity index (χ1n) is 3.31. The molecule has 0 saturated heterocycles. The molecule has 0 aromatic heterocycles. The van der Waals surface area contributed by atoms with E-state index in [9.17, 15) is 8.78 Å². The summed E-state index contributed by atoms with van der Waals surface area (Å²) in [6.45, 7) is 0.306. The van der Waals surface area contributed by atoms with E-state index in [2.05, 4.69) is 0 Å². The fourth-order valence-electron chi connectivity index (χ4n) is 0.856. The maximum atomic E-state index is 12.0. The van der Waals surface area contributed by atoms with Crippen molar-refractivity contribution in [3.8, 4) is 0 Å². The maximum absolute atomic E-state index is 12.0. The number of nitrogens with two attached hydrogens (primary N) is 1. The van der Waals surface area contributed by atoms with E-state index in [0.29, 0.717) is 6.54 Å². The third kappa shape index (κ3) is 1.98. The zero-order chi connectivity index (χ0) is 8.27. The van der Waals surface area contributed by atoms with Gasteiger partial charge in [-0.25, -0.2) is 8.78 Å². The van der Waals surface area contributed by atoms with Gasteiger partial charge in [-0.1, -0.05) is 18.2 Å². The topological polar surface area (TPSA) is 26.0 Å². The largest absolute Gasteiger partial charge is 0.326 e. The molecular formula is C8H9F2N. The molecule has 3 heteroatoms. The summed E-state index contributed by atoms with van der Waals surface area (Å²) in [6, 6.07) is 6.13. The molecule has 0 radical (unpaired) electrons. The maximum Gasteiger partial charge on any atom is 0.263 e. The van der Waals surface area contributed by atoms with Crippen LogP contribution in [0.25, 0.3) is 0 Å². The number of benzene rings is 1. The Bertz CT molecular complexity index is 235. The molecule has 0 bridgehead atoms. The number of rotatable bonds is 2. The highest BCUT2D eigenvalue weighted by Crippen LogP contribution is 2.18. The highest BCUT2D eigenvalue weighted by molar-refractivity contribution is 5.23. The van der Waals surface area contributed by atoms with Gasteiger partial charge in [-0.3, -0.25) is 0 Å². The summed E-state index contributed by atoms with van der Waals surface area (Å²) < 4.78 is 24.1. The Morgan fingerprint density at radius 3 is 2.64 bits per heavy atom. The van der Waals surface area contributed by atoms with E-state index in [-0.39, 0.29) is 5.56 Å². The van der Waals surface area contributed by atoms with Gasteiger partial charge in [0.1, 0.15) is 0 Å². The first-order valence-corrected chi connectivity index (χ1v) is 3.31. The summed E-state index contributed by atoms with van der Waals surface area (Å²) in [5.41, 5.74) is 6.05. The van der Waals surface area contributed by atoms with Gasteiger partial charge in [0.05, 0.1) is 0 Å². The Balaban J connectivity index is 2.91. The fraction of sp³-hybridized carbons (Fsp3) is 0.250. The molecule has 0 fully saturated rings. The van der Waals surface area contributed by atoms with Crippen LogP contribution < -0.4 is 5.73 Å². The standard InChI is InChI=1S/C8H9F2N/c9-8(10)7-3-1-2-6(4-7)5-11/h1-4,8H,5,11H2. The van der Waals surface area contributed by atoms with Crippen LogP contribution >= 0.6 is 0 Å². The predicted octanol–water partition coefficient (Wildman–Crippen LogP) is 2.08. The summed E-state index contributed by atoms with van der Waals surface area (Å²) in [6.07, 6.45) is -2.40. The van der Waals surface area contributed by atoms with Gasteiger partial charge in [-0.15, -0.1) is 0 Å². The van der Waals surface area contributed by atoms with Crippen molar-refractivity contribution in [1.29, 1.82) is 0 Å². The number of halogens is 2. The minimum atomic E-state index is -2.40. The van der Waals surface area contributed by atoms with Gasteiger partial charge in [0.2, 0.25) is 0 Å². The van der Waals surface area contributed by atoms with E-state index in [1.165, 1.54) is 12.1 Å². The van der Waals surface area contributed by atoms with Crippen LogP contribution in [0.3, 0.4) is 0 Å². The van der Waals surface area contributed by atoms with Crippen molar-refractivity contribution in [1.82, 2.24) is 0 Å². The van der Waals surface area contributed by atoms with Crippen molar-refractivity contribution < 1.29 is 8.78 Å². The SMILES string of the molecule is NCc1cccc(C(F)F)c1. The van der Waals surface area contributed by atoms with Crippen molar-refractivity contribution in [2.24, 2.45) is 5.73 Å². The lowest BCUT2D eigenvalue weighted by Gasteiger charge is -2.00. The molecule has 0 spiro atoms. The van der Waals surface area contributed by atoms with E-state index in [1.54, 1.807) is 12.1 Å². The quantitative estimate of drug-likeness (QED) is 0.698. The van der Waals surface area contributed by atoms with E-state index in [1.807, 2.05) is 0 Å². The lowest BCUT2D eigenvalue weighted by molar-refractivity contribution is 0.151. The Labute approximate surface area is 63.8 Å². The molecule has 0 aliphatic heterocycles. The molecule has 0 heterocycles. The Hall–Kier alpha value is -0.960. The Kier molecular flexibility index (Phi) is 2.54. The first kappa shape index (κ1) is 8.14. The van der Waals surface area contributed by atoms with Crippen LogP contribution in [0.2, 0.25) is 0 Å². The summed E-state index contributed by atoms with van der Waals surface area (Å²) >= 11 is 0. The monoisotopic (exact) mass is 157 g/mol. The second-order valence-corrected chi connectivity index (χ2v) is 2.25. The highest BCUT2D eigenvalue weighted by atomic mass is 19.3. The van der Waals surface area contributed by atoms with Crippen LogP contribution in [-0.4, -0.2) is 0 Å².